The normalized spacial score (nSPS) is 19.0. The van der Waals surface area contributed by atoms with E-state index in [1.807, 2.05) is 48.2 Å². The number of piperidine rings is 1. The van der Waals surface area contributed by atoms with Crippen LogP contribution in [0.25, 0.3) is 11.1 Å². The molecule has 0 aromatic heterocycles. The first-order chi connectivity index (χ1) is 23.1. The summed E-state index contributed by atoms with van der Waals surface area (Å²) in [5.74, 6) is 0.764. The van der Waals surface area contributed by atoms with Crippen LogP contribution in [0, 0.1) is 6.92 Å². The summed E-state index contributed by atoms with van der Waals surface area (Å²) < 4.78 is 47.5. The molecule has 0 radical (unpaired) electrons. The molecule has 1 N–H and O–H groups in total. The molecule has 0 bridgehead atoms. The van der Waals surface area contributed by atoms with Crippen LogP contribution in [0.15, 0.2) is 48.5 Å². The Morgan fingerprint density at radius 3 is 2.48 bits per heavy atom. The smallest absolute Gasteiger partial charge is 0.320 e. The van der Waals surface area contributed by atoms with Crippen molar-refractivity contribution >= 4 is 33.3 Å². The van der Waals surface area contributed by atoms with Crippen LogP contribution in [0.1, 0.15) is 36.0 Å². The van der Waals surface area contributed by atoms with Crippen LogP contribution in [0.2, 0.25) is 5.02 Å². The molecule has 0 aliphatic carbocycles. The molecule has 48 heavy (non-hydrogen) atoms. The summed E-state index contributed by atoms with van der Waals surface area (Å²) in [6, 6.07) is 14.6. The minimum absolute atomic E-state index is 0.0796. The zero-order valence-corrected chi connectivity index (χ0v) is 28.4. The van der Waals surface area contributed by atoms with Gasteiger partial charge in [-0.3, -0.25) is 14.5 Å². The zero-order chi connectivity index (χ0) is 33.8. The number of hydrogen-bond acceptors (Lipinski definition) is 9. The fraction of sp³-hybridized carbons (Fsp3) is 0.429. The fourth-order valence-corrected chi connectivity index (χ4v) is 7.78. The van der Waals surface area contributed by atoms with Crippen LogP contribution in [0.4, 0.5) is 0 Å². The molecule has 3 aliphatic rings. The van der Waals surface area contributed by atoms with Crippen LogP contribution < -0.4 is 18.9 Å². The number of ether oxygens (including phenoxy) is 4. The van der Waals surface area contributed by atoms with E-state index in [1.54, 1.807) is 12.1 Å². The van der Waals surface area contributed by atoms with E-state index in [1.165, 1.54) is 4.90 Å². The Morgan fingerprint density at radius 2 is 1.71 bits per heavy atom. The first-order valence-corrected chi connectivity index (χ1v) is 18.3. The quantitative estimate of drug-likeness (QED) is 0.317. The Morgan fingerprint density at radius 1 is 0.938 bits per heavy atom. The minimum Gasteiger partial charge on any atom is -0.487 e. The van der Waals surface area contributed by atoms with Crippen molar-refractivity contribution in [2.24, 2.45) is 0 Å². The molecule has 0 saturated carbocycles. The van der Waals surface area contributed by atoms with Gasteiger partial charge >= 0.3 is 5.97 Å². The van der Waals surface area contributed by atoms with Gasteiger partial charge in [0.1, 0.15) is 37.4 Å². The maximum absolute atomic E-state index is 13.0. The van der Waals surface area contributed by atoms with Gasteiger partial charge in [-0.05, 0) is 66.8 Å². The summed E-state index contributed by atoms with van der Waals surface area (Å²) in [5.41, 5.74) is 4.61. The molecule has 3 aliphatic heterocycles. The maximum Gasteiger partial charge on any atom is 0.320 e. The average Bonchev–Trinajstić information content (AvgIpc) is 3.07. The number of aliphatic carboxylic acids is 1. The average molecular weight is 699 g/mol. The Labute approximate surface area is 285 Å². The third kappa shape index (κ3) is 7.82. The molecule has 256 valence electrons. The highest BCUT2D eigenvalue weighted by molar-refractivity contribution is 7.91. The summed E-state index contributed by atoms with van der Waals surface area (Å²) in [5, 5.41) is 10.2. The van der Waals surface area contributed by atoms with Crippen molar-refractivity contribution in [2.75, 3.05) is 51.0 Å². The topological polar surface area (TPSA) is 132 Å². The summed E-state index contributed by atoms with van der Waals surface area (Å²) in [4.78, 5) is 28.4. The summed E-state index contributed by atoms with van der Waals surface area (Å²) in [7, 11) is -3.15. The number of carbonyl (C=O) groups is 2. The van der Waals surface area contributed by atoms with Crippen LogP contribution >= 0.6 is 11.6 Å². The first-order valence-electron chi connectivity index (χ1n) is 16.1. The molecule has 2 fully saturated rings. The third-order valence-corrected chi connectivity index (χ3v) is 11.0. The van der Waals surface area contributed by atoms with Gasteiger partial charge in [0.05, 0.1) is 16.5 Å². The van der Waals surface area contributed by atoms with Gasteiger partial charge in [-0.15, -0.1) is 0 Å². The number of carboxylic acids is 1. The molecule has 13 heteroatoms. The molecular formula is C35H39ClN2O9S. The van der Waals surface area contributed by atoms with E-state index in [0.29, 0.717) is 54.0 Å². The zero-order valence-electron chi connectivity index (χ0n) is 26.8. The van der Waals surface area contributed by atoms with Crippen molar-refractivity contribution < 1.29 is 42.1 Å². The number of halogens is 1. The van der Waals surface area contributed by atoms with Crippen LogP contribution in [0.3, 0.4) is 0 Å². The third-order valence-electron chi connectivity index (χ3n) is 9.12. The molecule has 0 spiro atoms. The van der Waals surface area contributed by atoms with Gasteiger partial charge in [0.15, 0.2) is 27.9 Å². The Hall–Kier alpha value is -4.00. The van der Waals surface area contributed by atoms with Gasteiger partial charge in [0, 0.05) is 31.3 Å². The number of rotatable bonds is 10. The fourth-order valence-electron chi connectivity index (χ4n) is 6.33. The lowest BCUT2D eigenvalue weighted by Gasteiger charge is -2.33. The lowest BCUT2D eigenvalue weighted by atomic mass is 9.96. The molecule has 2 saturated heterocycles. The van der Waals surface area contributed by atoms with Crippen LogP contribution in [0.5, 0.6) is 23.0 Å². The van der Waals surface area contributed by atoms with Crippen molar-refractivity contribution in [3.63, 3.8) is 0 Å². The van der Waals surface area contributed by atoms with E-state index in [2.05, 4.69) is 0 Å². The second-order valence-electron chi connectivity index (χ2n) is 12.3. The monoisotopic (exact) mass is 698 g/mol. The molecule has 3 aromatic rings. The number of nitrogens with zero attached hydrogens (tertiary/aromatic N) is 2. The van der Waals surface area contributed by atoms with Crippen LogP contribution in [-0.4, -0.2) is 92.2 Å². The predicted octanol–water partition coefficient (Wildman–Crippen LogP) is 4.74. The lowest BCUT2D eigenvalue weighted by molar-refractivity contribution is -0.144. The highest BCUT2D eigenvalue weighted by Crippen LogP contribution is 2.38. The molecule has 11 nitrogen and oxygen atoms in total. The van der Waals surface area contributed by atoms with E-state index in [4.69, 9.17) is 30.5 Å². The standard InChI is InChI=1S/C35H39ClN2O9S/c1-23-25(5-4-6-27(23)24-8-9-30-33(18-24)45-14-13-44-30)21-46-32-19-31(47-22-34(39)37-11-15-48(42,43)16-12-37)26(17-28(32)36)20-38-10-3-2-7-29(38)35(40)41/h4-6,8-9,17-19,29H,2-3,7,10-16,20-22H2,1H3,(H,40,41)/t29-/m0/s1. The van der Waals surface area contributed by atoms with E-state index in [-0.39, 0.29) is 50.3 Å². The summed E-state index contributed by atoms with van der Waals surface area (Å²) in [6.45, 7) is 4.05. The number of likely N-dealkylation sites (tertiary alicyclic amines) is 1. The van der Waals surface area contributed by atoms with Crippen molar-refractivity contribution in [3.8, 4) is 34.1 Å². The Kier molecular flexibility index (Phi) is 10.3. The number of carbonyl (C=O) groups excluding carboxylic acids is 1. The number of benzene rings is 3. The Bertz CT molecular complexity index is 1780. The summed E-state index contributed by atoms with van der Waals surface area (Å²) >= 11 is 6.76. The SMILES string of the molecule is Cc1c(COc2cc(OCC(=O)N3CCS(=O)(=O)CC3)c(CN3CCCC[C@H]3C(=O)O)cc2Cl)cccc1-c1ccc2c(c1)OCCO2. The molecule has 3 aromatic carbocycles. The van der Waals surface area contributed by atoms with Crippen molar-refractivity contribution in [1.29, 1.82) is 0 Å². The van der Waals surface area contributed by atoms with E-state index < -0.39 is 21.8 Å². The van der Waals surface area contributed by atoms with Gasteiger partial charge in [-0.2, -0.15) is 0 Å². The largest absolute Gasteiger partial charge is 0.487 e. The van der Waals surface area contributed by atoms with E-state index in [0.717, 1.165) is 40.8 Å². The highest BCUT2D eigenvalue weighted by Gasteiger charge is 2.30. The molecular weight excluding hydrogens is 660 g/mol. The van der Waals surface area contributed by atoms with Crippen LogP contribution in [-0.2, 0) is 32.6 Å². The highest BCUT2D eigenvalue weighted by atomic mass is 35.5. The van der Waals surface area contributed by atoms with E-state index >= 15 is 0 Å². The predicted molar refractivity (Wildman–Crippen MR) is 180 cm³/mol. The maximum atomic E-state index is 13.0. The van der Waals surface area contributed by atoms with Gasteiger partial charge in [-0.1, -0.05) is 42.3 Å². The second-order valence-corrected chi connectivity index (χ2v) is 15.0. The number of amides is 1. The molecule has 1 atom stereocenters. The number of sulfone groups is 1. The lowest BCUT2D eigenvalue weighted by Crippen LogP contribution is -2.45. The first kappa shape index (κ1) is 33.9. The molecule has 3 heterocycles. The second kappa shape index (κ2) is 14.6. The number of hydrogen-bond donors (Lipinski definition) is 1. The van der Waals surface area contributed by atoms with Crippen molar-refractivity contribution in [2.45, 2.75) is 45.4 Å². The van der Waals surface area contributed by atoms with Gasteiger partial charge in [0.2, 0.25) is 0 Å². The van der Waals surface area contributed by atoms with Gasteiger partial charge < -0.3 is 29.0 Å². The van der Waals surface area contributed by atoms with Crippen molar-refractivity contribution in [3.05, 3.63) is 70.2 Å². The molecule has 0 unspecified atom stereocenters. The minimum atomic E-state index is -3.15. The van der Waals surface area contributed by atoms with E-state index in [9.17, 15) is 23.1 Å². The molecule has 1 amide bonds. The number of carboxylic acid groups (broad SMARTS) is 1. The van der Waals surface area contributed by atoms with Crippen molar-refractivity contribution in [1.82, 2.24) is 9.80 Å². The molecule has 6 rings (SSSR count). The van der Waals surface area contributed by atoms with Gasteiger partial charge in [-0.25, -0.2) is 8.42 Å². The number of fused-ring (bicyclic) bond motifs is 1. The Balaban J connectivity index is 1.22. The van der Waals surface area contributed by atoms with Gasteiger partial charge in [0.25, 0.3) is 5.91 Å². The summed E-state index contributed by atoms with van der Waals surface area (Å²) in [6.07, 6.45) is 2.25.